The minimum Gasteiger partial charge on any atom is -0.327 e. The SMILES string of the molecule is CC1CCC(N)C(Cc2ccc(F)cc2F)C1. The number of hydrogen-bond acceptors (Lipinski definition) is 1. The molecular formula is C14H19F2N. The predicted molar refractivity (Wildman–Crippen MR) is 64.5 cm³/mol. The molecule has 0 heterocycles. The van der Waals surface area contributed by atoms with Gasteiger partial charge < -0.3 is 5.73 Å². The zero-order chi connectivity index (χ0) is 12.4. The average molecular weight is 239 g/mol. The maximum Gasteiger partial charge on any atom is 0.129 e. The molecule has 2 rings (SSSR count). The van der Waals surface area contributed by atoms with Crippen LogP contribution in [0.15, 0.2) is 18.2 Å². The molecule has 1 aliphatic rings. The first-order valence-electron chi connectivity index (χ1n) is 6.25. The Morgan fingerprint density at radius 2 is 2.06 bits per heavy atom. The van der Waals surface area contributed by atoms with Crippen molar-refractivity contribution < 1.29 is 8.78 Å². The van der Waals surface area contributed by atoms with E-state index in [9.17, 15) is 8.78 Å². The quantitative estimate of drug-likeness (QED) is 0.842. The number of hydrogen-bond donors (Lipinski definition) is 1. The van der Waals surface area contributed by atoms with E-state index in [1.54, 1.807) is 0 Å². The van der Waals surface area contributed by atoms with Crippen LogP contribution in [0.2, 0.25) is 0 Å². The summed E-state index contributed by atoms with van der Waals surface area (Å²) in [5, 5.41) is 0. The molecule has 1 aromatic carbocycles. The van der Waals surface area contributed by atoms with Crippen LogP contribution < -0.4 is 5.73 Å². The summed E-state index contributed by atoms with van der Waals surface area (Å²) in [6.07, 6.45) is 3.83. The van der Waals surface area contributed by atoms with Gasteiger partial charge in [0.1, 0.15) is 11.6 Å². The lowest BCUT2D eigenvalue weighted by molar-refractivity contribution is 0.243. The highest BCUT2D eigenvalue weighted by Gasteiger charge is 2.26. The lowest BCUT2D eigenvalue weighted by Crippen LogP contribution is -2.36. The molecule has 3 heteroatoms. The van der Waals surface area contributed by atoms with Gasteiger partial charge in [-0.15, -0.1) is 0 Å². The summed E-state index contributed by atoms with van der Waals surface area (Å²) in [5.41, 5.74) is 6.66. The van der Waals surface area contributed by atoms with Crippen molar-refractivity contribution in [3.05, 3.63) is 35.4 Å². The standard InChI is InChI=1S/C14H19F2N/c1-9-2-5-14(17)11(6-9)7-10-3-4-12(15)8-13(10)16/h3-4,8-9,11,14H,2,5-7,17H2,1H3. The van der Waals surface area contributed by atoms with Crippen molar-refractivity contribution in [2.45, 2.75) is 38.6 Å². The van der Waals surface area contributed by atoms with E-state index in [1.165, 1.54) is 12.1 Å². The molecule has 0 amide bonds. The zero-order valence-electron chi connectivity index (χ0n) is 10.1. The first-order valence-corrected chi connectivity index (χ1v) is 6.25. The Balaban J connectivity index is 2.08. The third-order valence-electron chi connectivity index (χ3n) is 3.80. The number of rotatable bonds is 2. The van der Waals surface area contributed by atoms with Gasteiger partial charge in [0.25, 0.3) is 0 Å². The van der Waals surface area contributed by atoms with Gasteiger partial charge in [0.2, 0.25) is 0 Å². The van der Waals surface area contributed by atoms with E-state index in [1.807, 2.05) is 0 Å². The maximum absolute atomic E-state index is 13.5. The predicted octanol–water partition coefficient (Wildman–Crippen LogP) is 3.27. The maximum atomic E-state index is 13.5. The minimum atomic E-state index is -0.521. The summed E-state index contributed by atoms with van der Waals surface area (Å²) < 4.78 is 26.3. The van der Waals surface area contributed by atoms with E-state index in [0.29, 0.717) is 23.8 Å². The molecule has 1 saturated carbocycles. The second kappa shape index (κ2) is 5.13. The zero-order valence-corrected chi connectivity index (χ0v) is 10.1. The van der Waals surface area contributed by atoms with Gasteiger partial charge in [-0.1, -0.05) is 13.0 Å². The Morgan fingerprint density at radius 3 is 2.76 bits per heavy atom. The van der Waals surface area contributed by atoms with Crippen molar-refractivity contribution in [3.63, 3.8) is 0 Å². The first kappa shape index (κ1) is 12.5. The lowest BCUT2D eigenvalue weighted by Gasteiger charge is -2.32. The highest BCUT2D eigenvalue weighted by molar-refractivity contribution is 5.19. The highest BCUT2D eigenvalue weighted by Crippen LogP contribution is 2.30. The molecule has 0 spiro atoms. The van der Waals surface area contributed by atoms with Crippen LogP contribution in [0, 0.1) is 23.5 Å². The molecule has 0 aromatic heterocycles. The number of benzene rings is 1. The second-order valence-electron chi connectivity index (χ2n) is 5.28. The van der Waals surface area contributed by atoms with Crippen molar-refractivity contribution >= 4 is 0 Å². The van der Waals surface area contributed by atoms with Crippen LogP contribution in [0.3, 0.4) is 0 Å². The number of nitrogens with two attached hydrogens (primary N) is 1. The number of halogens is 2. The largest absolute Gasteiger partial charge is 0.327 e. The van der Waals surface area contributed by atoms with Crippen LogP contribution in [0.1, 0.15) is 31.7 Å². The minimum absolute atomic E-state index is 0.149. The van der Waals surface area contributed by atoms with E-state index < -0.39 is 11.6 Å². The van der Waals surface area contributed by atoms with Gasteiger partial charge in [0.15, 0.2) is 0 Å². The second-order valence-corrected chi connectivity index (χ2v) is 5.28. The van der Waals surface area contributed by atoms with Crippen LogP contribution >= 0.6 is 0 Å². The molecule has 3 atom stereocenters. The van der Waals surface area contributed by atoms with Crippen molar-refractivity contribution in [2.24, 2.45) is 17.6 Å². The summed E-state index contributed by atoms with van der Waals surface area (Å²) in [7, 11) is 0. The molecule has 17 heavy (non-hydrogen) atoms. The molecule has 1 aliphatic carbocycles. The van der Waals surface area contributed by atoms with Gasteiger partial charge in [0, 0.05) is 12.1 Å². The summed E-state index contributed by atoms with van der Waals surface area (Å²) in [6, 6.07) is 3.95. The van der Waals surface area contributed by atoms with Crippen LogP contribution in [-0.2, 0) is 6.42 Å². The van der Waals surface area contributed by atoms with Gasteiger partial charge >= 0.3 is 0 Å². The Bertz CT molecular complexity index is 392. The molecule has 1 fully saturated rings. The van der Waals surface area contributed by atoms with E-state index in [-0.39, 0.29) is 6.04 Å². The van der Waals surface area contributed by atoms with E-state index in [4.69, 9.17) is 5.73 Å². The van der Waals surface area contributed by atoms with Crippen molar-refractivity contribution in [1.82, 2.24) is 0 Å². The smallest absolute Gasteiger partial charge is 0.129 e. The molecule has 1 aromatic rings. The van der Waals surface area contributed by atoms with Gasteiger partial charge in [-0.3, -0.25) is 0 Å². The first-order chi connectivity index (χ1) is 8.06. The average Bonchev–Trinajstić information content (AvgIpc) is 2.27. The van der Waals surface area contributed by atoms with Crippen molar-refractivity contribution in [2.75, 3.05) is 0 Å². The lowest BCUT2D eigenvalue weighted by atomic mass is 9.76. The topological polar surface area (TPSA) is 26.0 Å². The van der Waals surface area contributed by atoms with E-state index in [0.717, 1.165) is 25.3 Å². The Labute approximate surface area is 101 Å². The fourth-order valence-corrected chi connectivity index (χ4v) is 2.73. The molecule has 0 aliphatic heterocycles. The normalized spacial score (nSPS) is 29.3. The molecule has 1 nitrogen and oxygen atoms in total. The summed E-state index contributed by atoms with van der Waals surface area (Å²) in [6.45, 7) is 2.21. The highest BCUT2D eigenvalue weighted by atomic mass is 19.1. The fourth-order valence-electron chi connectivity index (χ4n) is 2.73. The monoisotopic (exact) mass is 239 g/mol. The molecular weight excluding hydrogens is 220 g/mol. The molecule has 94 valence electrons. The van der Waals surface area contributed by atoms with Crippen LogP contribution in [0.25, 0.3) is 0 Å². The van der Waals surface area contributed by atoms with Gasteiger partial charge in [-0.2, -0.15) is 0 Å². The fraction of sp³-hybridized carbons (Fsp3) is 0.571. The summed E-state index contributed by atoms with van der Waals surface area (Å²) >= 11 is 0. The van der Waals surface area contributed by atoms with Gasteiger partial charge in [-0.25, -0.2) is 8.78 Å². The van der Waals surface area contributed by atoms with Crippen molar-refractivity contribution in [3.8, 4) is 0 Å². The van der Waals surface area contributed by atoms with Crippen molar-refractivity contribution in [1.29, 1.82) is 0 Å². The molecule has 0 saturated heterocycles. The molecule has 3 unspecified atom stereocenters. The Kier molecular flexibility index (Phi) is 3.77. The third kappa shape index (κ3) is 3.03. The van der Waals surface area contributed by atoms with Gasteiger partial charge in [0.05, 0.1) is 0 Å². The van der Waals surface area contributed by atoms with E-state index >= 15 is 0 Å². The molecule has 2 N–H and O–H groups in total. The van der Waals surface area contributed by atoms with E-state index in [2.05, 4.69) is 6.92 Å². The summed E-state index contributed by atoms with van der Waals surface area (Å²) in [5.74, 6) is 0.00464. The Morgan fingerprint density at radius 1 is 1.29 bits per heavy atom. The van der Waals surface area contributed by atoms with Gasteiger partial charge in [-0.05, 0) is 49.1 Å². The summed E-state index contributed by atoms with van der Waals surface area (Å²) in [4.78, 5) is 0. The van der Waals surface area contributed by atoms with Crippen LogP contribution in [0.4, 0.5) is 8.78 Å². The molecule has 0 bridgehead atoms. The molecule has 0 radical (unpaired) electrons. The Hall–Kier alpha value is -0.960. The third-order valence-corrected chi connectivity index (χ3v) is 3.80. The van der Waals surface area contributed by atoms with Crippen LogP contribution in [-0.4, -0.2) is 6.04 Å². The van der Waals surface area contributed by atoms with Crippen LogP contribution in [0.5, 0.6) is 0 Å².